The van der Waals surface area contributed by atoms with Crippen LogP contribution in [0.2, 0.25) is 0 Å². The van der Waals surface area contributed by atoms with Crippen LogP contribution in [0.3, 0.4) is 0 Å². The van der Waals surface area contributed by atoms with Crippen LogP contribution in [0, 0.1) is 5.82 Å². The van der Waals surface area contributed by atoms with Crippen LogP contribution >= 0.6 is 0 Å². The van der Waals surface area contributed by atoms with E-state index in [0.29, 0.717) is 0 Å². The summed E-state index contributed by atoms with van der Waals surface area (Å²) in [6, 6.07) is 23.3. The minimum atomic E-state index is -0.217. The molecule has 0 unspecified atom stereocenters. The number of aromatic nitrogens is 1. The maximum absolute atomic E-state index is 13.3. The van der Waals surface area contributed by atoms with E-state index >= 15 is 0 Å². The Morgan fingerprint density at radius 3 is 2.39 bits per heavy atom. The molecule has 2 heterocycles. The van der Waals surface area contributed by atoms with Gasteiger partial charge in [-0.2, -0.15) is 0 Å². The van der Waals surface area contributed by atoms with Crippen molar-refractivity contribution in [2.24, 2.45) is 0 Å². The van der Waals surface area contributed by atoms with Gasteiger partial charge < -0.3 is 8.98 Å². The van der Waals surface area contributed by atoms with Gasteiger partial charge in [0.2, 0.25) is 0 Å². The summed E-state index contributed by atoms with van der Waals surface area (Å²) in [6.45, 7) is 0. The highest BCUT2D eigenvalue weighted by atomic mass is 19.1. The average Bonchev–Trinajstić information content (AvgIpc) is 3.31. The van der Waals surface area contributed by atoms with Crippen molar-refractivity contribution in [3.8, 4) is 5.69 Å². The second-order valence-electron chi connectivity index (χ2n) is 7.12. The number of furan rings is 1. The molecule has 0 fully saturated rings. The summed E-state index contributed by atoms with van der Waals surface area (Å²) < 4.78 is 21.2. The SMILES string of the molecule is Fc1ccc(-n2cc(CCCc3occ4ccccc34)c3ccccc32)cc1. The van der Waals surface area contributed by atoms with Crippen molar-refractivity contribution in [3.05, 3.63) is 102 Å². The van der Waals surface area contributed by atoms with Crippen LogP contribution in [-0.4, -0.2) is 4.57 Å². The highest BCUT2D eigenvalue weighted by molar-refractivity contribution is 5.86. The van der Waals surface area contributed by atoms with Gasteiger partial charge in [0.1, 0.15) is 11.6 Å². The second kappa shape index (κ2) is 7.01. The zero-order valence-electron chi connectivity index (χ0n) is 15.4. The Kier molecular flexibility index (Phi) is 4.21. The van der Waals surface area contributed by atoms with Crippen LogP contribution in [0.15, 0.2) is 89.7 Å². The summed E-state index contributed by atoms with van der Waals surface area (Å²) in [6.07, 6.45) is 6.89. The summed E-state index contributed by atoms with van der Waals surface area (Å²) in [5.74, 6) is 0.837. The number of aryl methyl sites for hydroxylation is 2. The Hall–Kier alpha value is -3.33. The van der Waals surface area contributed by atoms with E-state index in [9.17, 15) is 4.39 Å². The predicted molar refractivity (Wildman–Crippen MR) is 111 cm³/mol. The molecule has 0 aliphatic heterocycles. The largest absolute Gasteiger partial charge is 0.468 e. The first kappa shape index (κ1) is 16.8. The standard InChI is InChI=1S/C25H20FNO/c26-20-12-14-21(15-13-20)27-16-18(22-8-3-4-10-24(22)27)7-5-11-25-23-9-2-1-6-19(23)17-28-25/h1-4,6,8-10,12-17H,5,7,11H2. The molecule has 138 valence electrons. The molecule has 0 saturated heterocycles. The minimum absolute atomic E-state index is 0.217. The third-order valence-electron chi connectivity index (χ3n) is 5.34. The van der Waals surface area contributed by atoms with Gasteiger partial charge >= 0.3 is 0 Å². The normalized spacial score (nSPS) is 11.5. The van der Waals surface area contributed by atoms with E-state index in [1.54, 1.807) is 0 Å². The highest BCUT2D eigenvalue weighted by Gasteiger charge is 2.11. The first-order valence-electron chi connectivity index (χ1n) is 9.59. The fraction of sp³-hybridized carbons (Fsp3) is 0.120. The first-order valence-corrected chi connectivity index (χ1v) is 9.59. The summed E-state index contributed by atoms with van der Waals surface area (Å²) in [7, 11) is 0. The van der Waals surface area contributed by atoms with Gasteiger partial charge in [-0.25, -0.2) is 4.39 Å². The zero-order chi connectivity index (χ0) is 18.9. The number of para-hydroxylation sites is 1. The molecule has 0 aliphatic carbocycles. The lowest BCUT2D eigenvalue weighted by Gasteiger charge is -2.04. The van der Waals surface area contributed by atoms with Gasteiger partial charge in [-0.3, -0.25) is 0 Å². The Morgan fingerprint density at radius 1 is 0.786 bits per heavy atom. The quantitative estimate of drug-likeness (QED) is 0.337. The summed E-state index contributed by atoms with van der Waals surface area (Å²) >= 11 is 0. The topological polar surface area (TPSA) is 18.1 Å². The smallest absolute Gasteiger partial charge is 0.123 e. The fourth-order valence-electron chi connectivity index (χ4n) is 3.95. The van der Waals surface area contributed by atoms with Crippen molar-refractivity contribution in [1.82, 2.24) is 4.57 Å². The number of nitrogens with zero attached hydrogens (tertiary/aromatic N) is 1. The van der Waals surface area contributed by atoms with Crippen LogP contribution < -0.4 is 0 Å². The van der Waals surface area contributed by atoms with Gasteiger partial charge in [0.25, 0.3) is 0 Å². The zero-order valence-corrected chi connectivity index (χ0v) is 15.4. The number of hydrogen-bond donors (Lipinski definition) is 0. The third-order valence-corrected chi connectivity index (χ3v) is 5.34. The molecule has 2 aromatic heterocycles. The van der Waals surface area contributed by atoms with Gasteiger partial charge in [0.05, 0.1) is 11.8 Å². The molecule has 0 aliphatic rings. The van der Waals surface area contributed by atoms with Crippen molar-refractivity contribution >= 4 is 21.7 Å². The lowest BCUT2D eigenvalue weighted by atomic mass is 10.0. The maximum Gasteiger partial charge on any atom is 0.123 e. The maximum atomic E-state index is 13.3. The molecule has 0 amide bonds. The molecule has 2 nitrogen and oxygen atoms in total. The average molecular weight is 369 g/mol. The van der Waals surface area contributed by atoms with E-state index in [1.807, 2.05) is 30.5 Å². The predicted octanol–water partition coefficient (Wildman–Crippen LogP) is 6.69. The molecule has 5 aromatic rings. The van der Waals surface area contributed by atoms with Crippen LogP contribution in [0.25, 0.3) is 27.4 Å². The number of rotatable bonds is 5. The molecular weight excluding hydrogens is 349 g/mol. The van der Waals surface area contributed by atoms with E-state index in [0.717, 1.165) is 41.6 Å². The van der Waals surface area contributed by atoms with Crippen molar-refractivity contribution in [2.75, 3.05) is 0 Å². The summed E-state index contributed by atoms with van der Waals surface area (Å²) in [5, 5.41) is 3.61. The Labute approximate surface area is 162 Å². The van der Waals surface area contributed by atoms with Crippen LogP contribution in [0.1, 0.15) is 17.7 Å². The van der Waals surface area contributed by atoms with Crippen LogP contribution in [-0.2, 0) is 12.8 Å². The fourth-order valence-corrected chi connectivity index (χ4v) is 3.95. The van der Waals surface area contributed by atoms with Crippen molar-refractivity contribution in [1.29, 1.82) is 0 Å². The summed E-state index contributed by atoms with van der Waals surface area (Å²) in [4.78, 5) is 0. The second-order valence-corrected chi connectivity index (χ2v) is 7.12. The molecule has 0 N–H and O–H groups in total. The molecular formula is C25H20FNO. The minimum Gasteiger partial charge on any atom is -0.468 e. The molecule has 0 radical (unpaired) electrons. The van der Waals surface area contributed by atoms with Crippen molar-refractivity contribution < 1.29 is 8.81 Å². The highest BCUT2D eigenvalue weighted by Crippen LogP contribution is 2.27. The van der Waals surface area contributed by atoms with Gasteiger partial charge in [-0.15, -0.1) is 0 Å². The first-order chi connectivity index (χ1) is 13.8. The molecule has 0 atom stereocenters. The Morgan fingerprint density at radius 2 is 1.54 bits per heavy atom. The molecule has 0 spiro atoms. The van der Waals surface area contributed by atoms with E-state index in [2.05, 4.69) is 47.2 Å². The number of hydrogen-bond acceptors (Lipinski definition) is 1. The monoisotopic (exact) mass is 369 g/mol. The Balaban J connectivity index is 1.42. The number of benzene rings is 3. The van der Waals surface area contributed by atoms with Crippen LogP contribution in [0.5, 0.6) is 0 Å². The van der Waals surface area contributed by atoms with E-state index in [1.165, 1.54) is 28.5 Å². The lowest BCUT2D eigenvalue weighted by molar-refractivity contribution is 0.507. The van der Waals surface area contributed by atoms with Gasteiger partial charge in [-0.05, 0) is 48.7 Å². The molecule has 3 aromatic carbocycles. The number of fused-ring (bicyclic) bond motifs is 2. The molecule has 0 saturated carbocycles. The van der Waals surface area contributed by atoms with Gasteiger partial charge in [0, 0.05) is 34.5 Å². The number of halogens is 1. The molecule has 5 rings (SSSR count). The van der Waals surface area contributed by atoms with Crippen molar-refractivity contribution in [2.45, 2.75) is 19.3 Å². The summed E-state index contributed by atoms with van der Waals surface area (Å²) in [5.41, 5.74) is 3.42. The van der Waals surface area contributed by atoms with E-state index in [4.69, 9.17) is 4.42 Å². The van der Waals surface area contributed by atoms with Crippen molar-refractivity contribution in [3.63, 3.8) is 0 Å². The third kappa shape index (κ3) is 2.99. The van der Waals surface area contributed by atoms with Gasteiger partial charge in [-0.1, -0.05) is 42.5 Å². The van der Waals surface area contributed by atoms with E-state index < -0.39 is 0 Å². The van der Waals surface area contributed by atoms with Gasteiger partial charge in [0.15, 0.2) is 0 Å². The molecule has 28 heavy (non-hydrogen) atoms. The lowest BCUT2D eigenvalue weighted by Crippen LogP contribution is -1.92. The Bertz CT molecular complexity index is 1250. The molecule has 0 bridgehead atoms. The molecule has 3 heteroatoms. The van der Waals surface area contributed by atoms with Crippen LogP contribution in [0.4, 0.5) is 4.39 Å². The van der Waals surface area contributed by atoms with E-state index in [-0.39, 0.29) is 5.82 Å².